The summed E-state index contributed by atoms with van der Waals surface area (Å²) >= 11 is 0. The van der Waals surface area contributed by atoms with Crippen LogP contribution in [0.15, 0.2) is 18.2 Å². The highest BCUT2D eigenvalue weighted by molar-refractivity contribution is 6.03. The zero-order valence-corrected chi connectivity index (χ0v) is 11.9. The topological polar surface area (TPSA) is 75.3 Å². The molecule has 1 aliphatic rings. The third-order valence-electron chi connectivity index (χ3n) is 3.45. The highest BCUT2D eigenvalue weighted by Crippen LogP contribution is 2.18. The molecule has 3 amide bonds. The van der Waals surface area contributed by atoms with Crippen LogP contribution in [-0.2, 0) is 9.59 Å². The summed E-state index contributed by atoms with van der Waals surface area (Å²) in [6, 6.07) is 3.61. The fourth-order valence-corrected chi connectivity index (χ4v) is 2.14. The van der Waals surface area contributed by atoms with Crippen LogP contribution in [0.3, 0.4) is 0 Å². The summed E-state index contributed by atoms with van der Waals surface area (Å²) in [5.41, 5.74) is 0.689. The summed E-state index contributed by atoms with van der Waals surface area (Å²) < 4.78 is 14.0. The zero-order valence-electron chi connectivity index (χ0n) is 11.9. The second kappa shape index (κ2) is 6.03. The summed E-state index contributed by atoms with van der Waals surface area (Å²) in [6.45, 7) is 3.86. The maximum Gasteiger partial charge on any atom is 0.254 e. The molecule has 2 rings (SSSR count). The molecule has 5 nitrogen and oxygen atoms in total. The van der Waals surface area contributed by atoms with Crippen molar-refractivity contribution in [2.45, 2.75) is 38.6 Å². The number of carbonyl (C=O) groups excluding carboxylic acids is 3. The van der Waals surface area contributed by atoms with E-state index in [2.05, 4.69) is 10.6 Å². The molecule has 0 bridgehead atoms. The van der Waals surface area contributed by atoms with Gasteiger partial charge in [0.2, 0.25) is 11.8 Å². The van der Waals surface area contributed by atoms with E-state index in [1.165, 1.54) is 12.1 Å². The van der Waals surface area contributed by atoms with Crippen LogP contribution in [-0.4, -0.2) is 23.8 Å². The van der Waals surface area contributed by atoms with Crippen molar-refractivity contribution < 1.29 is 18.8 Å². The molecule has 1 aromatic carbocycles. The van der Waals surface area contributed by atoms with E-state index < -0.39 is 23.7 Å². The van der Waals surface area contributed by atoms with E-state index in [1.54, 1.807) is 6.07 Å². The van der Waals surface area contributed by atoms with Gasteiger partial charge in [-0.25, -0.2) is 4.39 Å². The highest BCUT2D eigenvalue weighted by Gasteiger charge is 2.28. The van der Waals surface area contributed by atoms with Gasteiger partial charge in [-0.1, -0.05) is 19.9 Å². The zero-order chi connectivity index (χ0) is 15.6. The summed E-state index contributed by atoms with van der Waals surface area (Å²) in [7, 11) is 0. The molecule has 1 saturated heterocycles. The first-order valence-electron chi connectivity index (χ1n) is 6.82. The number of nitrogens with one attached hydrogen (secondary N) is 2. The second-order valence-electron chi connectivity index (χ2n) is 5.37. The summed E-state index contributed by atoms with van der Waals surface area (Å²) in [6.07, 6.45) is 0.382. The Hall–Kier alpha value is -2.24. The van der Waals surface area contributed by atoms with Gasteiger partial charge in [0.1, 0.15) is 11.9 Å². The summed E-state index contributed by atoms with van der Waals surface area (Å²) in [5.74, 6) is -2.04. The number of carbonyl (C=O) groups is 3. The Morgan fingerprint density at radius 2 is 2.10 bits per heavy atom. The molecule has 112 valence electrons. The Morgan fingerprint density at radius 1 is 1.38 bits per heavy atom. The highest BCUT2D eigenvalue weighted by atomic mass is 19.1. The fourth-order valence-electron chi connectivity index (χ4n) is 2.14. The number of halogens is 1. The fraction of sp³-hybridized carbons (Fsp3) is 0.400. The minimum Gasteiger partial charge on any atom is -0.340 e. The molecule has 0 spiro atoms. The number of hydrogen-bond donors (Lipinski definition) is 2. The first kappa shape index (κ1) is 15.2. The normalized spacial score (nSPS) is 18.6. The van der Waals surface area contributed by atoms with Crippen LogP contribution in [0, 0.1) is 5.82 Å². The van der Waals surface area contributed by atoms with E-state index in [1.807, 2.05) is 13.8 Å². The molecule has 0 aliphatic carbocycles. The largest absolute Gasteiger partial charge is 0.340 e. The van der Waals surface area contributed by atoms with Crippen LogP contribution in [0.1, 0.15) is 48.5 Å². The number of benzene rings is 1. The lowest BCUT2D eigenvalue weighted by atomic mass is 10.0. The van der Waals surface area contributed by atoms with Gasteiger partial charge in [-0.2, -0.15) is 0 Å². The molecule has 1 fully saturated rings. The van der Waals surface area contributed by atoms with Gasteiger partial charge >= 0.3 is 0 Å². The SMILES string of the molecule is CC(C)c1ccc(C(=O)N[C@H]2CCC(=O)NC2=O)c(F)c1. The van der Waals surface area contributed by atoms with Crippen molar-refractivity contribution in [3.8, 4) is 0 Å². The smallest absolute Gasteiger partial charge is 0.254 e. The first-order valence-corrected chi connectivity index (χ1v) is 6.82. The molecular weight excluding hydrogens is 275 g/mol. The Kier molecular flexibility index (Phi) is 4.35. The second-order valence-corrected chi connectivity index (χ2v) is 5.37. The number of rotatable bonds is 3. The molecule has 0 saturated carbocycles. The quantitative estimate of drug-likeness (QED) is 0.829. The van der Waals surface area contributed by atoms with Crippen LogP contribution < -0.4 is 10.6 Å². The number of piperidine rings is 1. The molecular formula is C15H17FN2O3. The van der Waals surface area contributed by atoms with Crippen LogP contribution >= 0.6 is 0 Å². The van der Waals surface area contributed by atoms with Crippen molar-refractivity contribution in [3.63, 3.8) is 0 Å². The monoisotopic (exact) mass is 292 g/mol. The Morgan fingerprint density at radius 3 is 2.67 bits per heavy atom. The molecule has 1 heterocycles. The molecule has 1 atom stereocenters. The maximum atomic E-state index is 14.0. The molecule has 0 aromatic heterocycles. The van der Waals surface area contributed by atoms with Crippen molar-refractivity contribution in [2.75, 3.05) is 0 Å². The maximum absolute atomic E-state index is 14.0. The van der Waals surface area contributed by atoms with Gasteiger partial charge in [-0.05, 0) is 30.0 Å². The first-order chi connectivity index (χ1) is 9.88. The lowest BCUT2D eigenvalue weighted by Crippen LogP contribution is -2.52. The lowest BCUT2D eigenvalue weighted by Gasteiger charge is -2.22. The predicted molar refractivity (Wildman–Crippen MR) is 74.1 cm³/mol. The van der Waals surface area contributed by atoms with Gasteiger partial charge in [0, 0.05) is 6.42 Å². The number of imide groups is 1. The minimum atomic E-state index is -0.806. The van der Waals surface area contributed by atoms with Gasteiger partial charge in [-0.3, -0.25) is 19.7 Å². The van der Waals surface area contributed by atoms with Crippen LogP contribution in [0.4, 0.5) is 4.39 Å². The standard InChI is InChI=1S/C15H17FN2O3/c1-8(2)9-3-4-10(11(16)7-9)14(20)17-12-5-6-13(19)18-15(12)21/h3-4,7-8,12H,5-6H2,1-2H3,(H,17,20)(H,18,19,21)/t12-/m0/s1. The molecule has 6 heteroatoms. The van der Waals surface area contributed by atoms with E-state index >= 15 is 0 Å². The van der Waals surface area contributed by atoms with Crippen LogP contribution in [0.2, 0.25) is 0 Å². The van der Waals surface area contributed by atoms with Gasteiger partial charge in [0.05, 0.1) is 5.56 Å². The van der Waals surface area contributed by atoms with E-state index in [-0.39, 0.29) is 30.2 Å². The van der Waals surface area contributed by atoms with Gasteiger partial charge < -0.3 is 5.32 Å². The third-order valence-corrected chi connectivity index (χ3v) is 3.45. The lowest BCUT2D eigenvalue weighted by molar-refractivity contribution is -0.134. The summed E-state index contributed by atoms with van der Waals surface area (Å²) in [4.78, 5) is 34.6. The van der Waals surface area contributed by atoms with Crippen molar-refractivity contribution >= 4 is 17.7 Å². The van der Waals surface area contributed by atoms with E-state index in [0.29, 0.717) is 0 Å². The molecule has 0 radical (unpaired) electrons. The average Bonchev–Trinajstić information content (AvgIpc) is 2.41. The Bertz CT molecular complexity index is 599. The molecule has 1 aliphatic heterocycles. The van der Waals surface area contributed by atoms with Gasteiger partial charge in [0.15, 0.2) is 0 Å². The number of amides is 3. The predicted octanol–water partition coefficient (Wildman–Crippen LogP) is 1.48. The van der Waals surface area contributed by atoms with E-state index in [0.717, 1.165) is 5.56 Å². The van der Waals surface area contributed by atoms with Crippen LogP contribution in [0.25, 0.3) is 0 Å². The van der Waals surface area contributed by atoms with Crippen molar-refractivity contribution in [1.82, 2.24) is 10.6 Å². The Labute approximate surface area is 121 Å². The third kappa shape index (κ3) is 3.45. The molecule has 1 aromatic rings. The van der Waals surface area contributed by atoms with Crippen molar-refractivity contribution in [1.29, 1.82) is 0 Å². The molecule has 0 unspecified atom stereocenters. The molecule has 21 heavy (non-hydrogen) atoms. The summed E-state index contributed by atoms with van der Waals surface area (Å²) in [5, 5.41) is 4.59. The molecule has 2 N–H and O–H groups in total. The van der Waals surface area contributed by atoms with Gasteiger partial charge in [-0.15, -0.1) is 0 Å². The van der Waals surface area contributed by atoms with E-state index in [4.69, 9.17) is 0 Å². The van der Waals surface area contributed by atoms with Crippen molar-refractivity contribution in [2.24, 2.45) is 0 Å². The van der Waals surface area contributed by atoms with Crippen molar-refractivity contribution in [3.05, 3.63) is 35.1 Å². The van der Waals surface area contributed by atoms with Crippen LogP contribution in [0.5, 0.6) is 0 Å². The Balaban J connectivity index is 2.10. The number of hydrogen-bond acceptors (Lipinski definition) is 3. The average molecular weight is 292 g/mol. The van der Waals surface area contributed by atoms with E-state index in [9.17, 15) is 18.8 Å². The van der Waals surface area contributed by atoms with Gasteiger partial charge in [0.25, 0.3) is 5.91 Å². The minimum absolute atomic E-state index is 0.107.